The zero-order valence-corrected chi connectivity index (χ0v) is 19.4. The number of pyridine rings is 2. The fourth-order valence-corrected chi connectivity index (χ4v) is 4.25. The molecular weight excluding hydrogens is 471 g/mol. The quantitative estimate of drug-likeness (QED) is 0.373. The van der Waals surface area contributed by atoms with Crippen LogP contribution in [0.5, 0.6) is 5.75 Å². The number of benzene rings is 2. The normalized spacial score (nSPS) is 11.0. The molecule has 0 bridgehead atoms. The Labute approximate surface area is 201 Å². The van der Waals surface area contributed by atoms with Crippen LogP contribution < -0.4 is 14.8 Å². The number of hydrogen-bond acceptors (Lipinski definition) is 6. The molecule has 0 radical (unpaired) electrons. The third-order valence-corrected chi connectivity index (χ3v) is 6.36. The summed E-state index contributed by atoms with van der Waals surface area (Å²) in [5, 5.41) is 2.71. The lowest BCUT2D eigenvalue weighted by molar-refractivity contribution is 0.102. The number of carbonyl (C=O) groups excluding carboxylic acids is 1. The summed E-state index contributed by atoms with van der Waals surface area (Å²) in [6.45, 7) is 1.76. The fourth-order valence-electron chi connectivity index (χ4n) is 3.11. The number of aromatic nitrogens is 2. The number of ether oxygens (including phenoxy) is 1. The van der Waals surface area contributed by atoms with E-state index >= 15 is 0 Å². The Morgan fingerprint density at radius 2 is 1.74 bits per heavy atom. The molecule has 10 heteroatoms. The number of rotatable bonds is 8. The summed E-state index contributed by atoms with van der Waals surface area (Å²) in [6, 6.07) is 16.4. The molecule has 2 N–H and O–H groups in total. The average Bonchev–Trinajstić information content (AvgIpc) is 2.86. The molecule has 2 aromatic carbocycles. The van der Waals surface area contributed by atoms with Gasteiger partial charge in [-0.05, 0) is 84.8 Å². The van der Waals surface area contributed by atoms with Crippen LogP contribution >= 0.6 is 0 Å². The Morgan fingerprint density at radius 1 is 1.00 bits per heavy atom. The summed E-state index contributed by atoms with van der Waals surface area (Å²) in [7, 11) is -3.92. The van der Waals surface area contributed by atoms with Crippen LogP contribution in [0.15, 0.2) is 90.2 Å². The predicted molar refractivity (Wildman–Crippen MR) is 129 cm³/mol. The molecular formula is C25H21FN4O4S. The van der Waals surface area contributed by atoms with Crippen LogP contribution in [0.1, 0.15) is 21.5 Å². The topological polar surface area (TPSA) is 110 Å². The molecule has 0 spiro atoms. The van der Waals surface area contributed by atoms with Gasteiger partial charge in [-0.15, -0.1) is 0 Å². The Balaban J connectivity index is 1.43. The Morgan fingerprint density at radius 3 is 2.46 bits per heavy atom. The lowest BCUT2D eigenvalue weighted by Crippen LogP contribution is -2.15. The highest BCUT2D eigenvalue weighted by Gasteiger charge is 2.16. The molecule has 2 heterocycles. The molecule has 4 rings (SSSR count). The maximum Gasteiger partial charge on any atom is 0.261 e. The number of nitrogens with one attached hydrogen (secondary N) is 2. The van der Waals surface area contributed by atoms with Crippen LogP contribution in [-0.2, 0) is 16.6 Å². The van der Waals surface area contributed by atoms with E-state index in [0.717, 1.165) is 11.6 Å². The van der Waals surface area contributed by atoms with Crippen LogP contribution in [0.3, 0.4) is 0 Å². The van der Waals surface area contributed by atoms with Gasteiger partial charge >= 0.3 is 0 Å². The summed E-state index contributed by atoms with van der Waals surface area (Å²) >= 11 is 0. The zero-order valence-electron chi connectivity index (χ0n) is 18.6. The van der Waals surface area contributed by atoms with Gasteiger partial charge in [0.05, 0.1) is 4.90 Å². The van der Waals surface area contributed by atoms with Gasteiger partial charge in [0.2, 0.25) is 0 Å². The molecule has 178 valence electrons. The van der Waals surface area contributed by atoms with Crippen LogP contribution in [0.2, 0.25) is 0 Å². The third-order valence-electron chi connectivity index (χ3n) is 4.99. The van der Waals surface area contributed by atoms with Gasteiger partial charge in [0.1, 0.15) is 12.4 Å². The van der Waals surface area contributed by atoms with Gasteiger partial charge in [-0.3, -0.25) is 14.5 Å². The SMILES string of the molecule is Cc1cc(S(=O)(=O)Nc2ccc(C(=O)Nc3ncccc3OCc3ccncc3)cc2)ccc1F. The number of amides is 1. The first-order valence-corrected chi connectivity index (χ1v) is 12.0. The third kappa shape index (κ3) is 5.98. The molecule has 0 unspecified atom stereocenters. The number of anilines is 2. The van der Waals surface area contributed by atoms with E-state index in [1.165, 1.54) is 49.5 Å². The van der Waals surface area contributed by atoms with Crippen molar-refractivity contribution in [1.29, 1.82) is 0 Å². The highest BCUT2D eigenvalue weighted by molar-refractivity contribution is 7.92. The van der Waals surface area contributed by atoms with Crippen LogP contribution in [0.4, 0.5) is 15.9 Å². The smallest absolute Gasteiger partial charge is 0.261 e. The minimum atomic E-state index is -3.92. The van der Waals surface area contributed by atoms with E-state index in [0.29, 0.717) is 5.75 Å². The van der Waals surface area contributed by atoms with Gasteiger partial charge in [0.25, 0.3) is 15.9 Å². The summed E-state index contributed by atoms with van der Waals surface area (Å²) in [5.41, 5.74) is 1.67. The molecule has 1 amide bonds. The average molecular weight is 493 g/mol. The zero-order chi connectivity index (χ0) is 24.8. The van der Waals surface area contributed by atoms with E-state index in [1.807, 2.05) is 12.1 Å². The largest absolute Gasteiger partial charge is 0.485 e. The van der Waals surface area contributed by atoms with Crippen molar-refractivity contribution in [2.45, 2.75) is 18.4 Å². The second-order valence-electron chi connectivity index (χ2n) is 7.54. The summed E-state index contributed by atoms with van der Waals surface area (Å²) in [5.74, 6) is -0.279. The highest BCUT2D eigenvalue weighted by atomic mass is 32.2. The van der Waals surface area contributed by atoms with E-state index in [1.54, 1.807) is 24.5 Å². The van der Waals surface area contributed by atoms with Crippen molar-refractivity contribution in [1.82, 2.24) is 9.97 Å². The van der Waals surface area contributed by atoms with Gasteiger partial charge in [-0.1, -0.05) is 0 Å². The molecule has 4 aromatic rings. The summed E-state index contributed by atoms with van der Waals surface area (Å²) in [4.78, 5) is 20.8. The summed E-state index contributed by atoms with van der Waals surface area (Å²) < 4.78 is 46.9. The lowest BCUT2D eigenvalue weighted by Gasteiger charge is -2.12. The number of sulfonamides is 1. The first-order valence-electron chi connectivity index (χ1n) is 10.5. The van der Waals surface area contributed by atoms with Crippen LogP contribution in [0.25, 0.3) is 0 Å². The minimum Gasteiger partial charge on any atom is -0.485 e. The summed E-state index contributed by atoms with van der Waals surface area (Å²) in [6.07, 6.45) is 4.86. The fraction of sp³-hybridized carbons (Fsp3) is 0.0800. The van der Waals surface area contributed by atoms with E-state index in [4.69, 9.17) is 4.74 Å². The highest BCUT2D eigenvalue weighted by Crippen LogP contribution is 2.24. The van der Waals surface area contributed by atoms with Crippen molar-refractivity contribution in [3.63, 3.8) is 0 Å². The van der Waals surface area contributed by atoms with E-state index in [-0.39, 0.29) is 34.1 Å². The van der Waals surface area contributed by atoms with Gasteiger partial charge < -0.3 is 10.1 Å². The molecule has 0 aliphatic heterocycles. The van der Waals surface area contributed by atoms with Gasteiger partial charge in [0, 0.05) is 29.8 Å². The van der Waals surface area contributed by atoms with Crippen molar-refractivity contribution in [2.75, 3.05) is 10.0 Å². The first-order chi connectivity index (χ1) is 16.8. The van der Waals surface area contributed by atoms with E-state index in [9.17, 15) is 17.6 Å². The van der Waals surface area contributed by atoms with Crippen molar-refractivity contribution in [3.8, 4) is 5.75 Å². The standard InChI is InChI=1S/C25H21FN4O4S/c1-17-15-21(8-9-22(17)26)35(32,33)30-20-6-4-19(5-7-20)25(31)29-24-23(3-2-12-28-24)34-16-18-10-13-27-14-11-18/h2-15,30H,16H2,1H3,(H,28,29,31). The Kier molecular flexibility index (Phi) is 7.02. The van der Waals surface area contributed by atoms with Gasteiger partial charge in [0.15, 0.2) is 11.6 Å². The molecule has 8 nitrogen and oxygen atoms in total. The minimum absolute atomic E-state index is 0.0623. The molecule has 2 aromatic heterocycles. The van der Waals surface area contributed by atoms with Crippen LogP contribution in [0, 0.1) is 12.7 Å². The molecule has 0 saturated carbocycles. The predicted octanol–water partition coefficient (Wildman–Crippen LogP) is 4.56. The van der Waals surface area contributed by atoms with Gasteiger partial charge in [-0.25, -0.2) is 17.8 Å². The Bertz CT molecular complexity index is 1450. The number of hydrogen-bond donors (Lipinski definition) is 2. The maximum atomic E-state index is 13.5. The van der Waals surface area contributed by atoms with Crippen LogP contribution in [-0.4, -0.2) is 24.3 Å². The lowest BCUT2D eigenvalue weighted by atomic mass is 10.2. The molecule has 0 atom stereocenters. The maximum absolute atomic E-state index is 13.5. The molecule has 0 saturated heterocycles. The monoisotopic (exact) mass is 492 g/mol. The molecule has 0 fully saturated rings. The van der Waals surface area contributed by atoms with Crippen molar-refractivity contribution >= 4 is 27.4 Å². The molecule has 0 aliphatic carbocycles. The first kappa shape index (κ1) is 23.8. The Hall–Kier alpha value is -4.31. The van der Waals surface area contributed by atoms with E-state index < -0.39 is 21.7 Å². The second kappa shape index (κ2) is 10.3. The number of halogens is 1. The molecule has 0 aliphatic rings. The number of carbonyl (C=O) groups is 1. The number of aryl methyl sites for hydroxylation is 1. The second-order valence-corrected chi connectivity index (χ2v) is 9.22. The van der Waals surface area contributed by atoms with E-state index in [2.05, 4.69) is 20.0 Å². The molecule has 35 heavy (non-hydrogen) atoms. The van der Waals surface area contributed by atoms with Crippen molar-refractivity contribution < 1.29 is 22.3 Å². The number of nitrogens with zero attached hydrogens (tertiary/aromatic N) is 2. The van der Waals surface area contributed by atoms with Gasteiger partial charge in [-0.2, -0.15) is 0 Å². The van der Waals surface area contributed by atoms with Crippen molar-refractivity contribution in [2.24, 2.45) is 0 Å². The van der Waals surface area contributed by atoms with Crippen molar-refractivity contribution in [3.05, 3.63) is 108 Å².